The van der Waals surface area contributed by atoms with Crippen molar-refractivity contribution in [1.82, 2.24) is 5.43 Å². The molecule has 25 heavy (non-hydrogen) atoms. The molecule has 2 rings (SSSR count). The van der Waals surface area contributed by atoms with E-state index in [4.69, 9.17) is 21.1 Å². The van der Waals surface area contributed by atoms with Crippen molar-refractivity contribution in [1.29, 1.82) is 0 Å². The Bertz CT molecular complexity index is 685. The number of ether oxygens (including phenoxy) is 2. The van der Waals surface area contributed by atoms with Gasteiger partial charge in [0.1, 0.15) is 11.5 Å². The number of nitrogens with one attached hydrogen (secondary N) is 1. The van der Waals surface area contributed by atoms with Crippen LogP contribution in [0.1, 0.15) is 25.3 Å². The Morgan fingerprint density at radius 3 is 2.40 bits per heavy atom. The lowest BCUT2D eigenvalue weighted by Crippen LogP contribution is -2.24. The van der Waals surface area contributed by atoms with E-state index in [1.165, 1.54) is 0 Å². The molecule has 0 radical (unpaired) electrons. The number of hydrogen-bond donors (Lipinski definition) is 1. The van der Waals surface area contributed by atoms with E-state index in [9.17, 15) is 4.79 Å². The Labute approximate surface area is 152 Å². The topological polar surface area (TPSA) is 59.9 Å². The molecule has 0 saturated carbocycles. The zero-order valence-corrected chi connectivity index (χ0v) is 14.8. The highest BCUT2D eigenvalue weighted by molar-refractivity contribution is 6.30. The lowest BCUT2D eigenvalue weighted by atomic mass is 10.2. The molecule has 0 aromatic heterocycles. The summed E-state index contributed by atoms with van der Waals surface area (Å²) in [7, 11) is 0. The summed E-state index contributed by atoms with van der Waals surface area (Å²) in [4.78, 5) is 11.7. The quantitative estimate of drug-likeness (QED) is 0.417. The first kappa shape index (κ1) is 18.8. The van der Waals surface area contributed by atoms with Crippen molar-refractivity contribution in [2.45, 2.75) is 19.8 Å². The van der Waals surface area contributed by atoms with Crippen molar-refractivity contribution >= 4 is 23.7 Å². The van der Waals surface area contributed by atoms with Gasteiger partial charge < -0.3 is 9.47 Å². The van der Waals surface area contributed by atoms with E-state index in [0.29, 0.717) is 17.4 Å². The zero-order chi connectivity index (χ0) is 17.9. The number of halogens is 1. The van der Waals surface area contributed by atoms with Crippen molar-refractivity contribution < 1.29 is 14.3 Å². The van der Waals surface area contributed by atoms with Gasteiger partial charge in [-0.2, -0.15) is 5.10 Å². The minimum Gasteiger partial charge on any atom is -0.494 e. The molecular formula is C19H21ClN2O3. The molecule has 0 bridgehead atoms. The highest BCUT2D eigenvalue weighted by Crippen LogP contribution is 2.15. The predicted octanol–water partition coefficient (Wildman–Crippen LogP) is 4.05. The molecule has 1 N–H and O–H groups in total. The Morgan fingerprint density at radius 1 is 1.08 bits per heavy atom. The molecule has 2 aromatic carbocycles. The Kier molecular flexibility index (Phi) is 7.79. The van der Waals surface area contributed by atoms with Gasteiger partial charge in [-0.15, -0.1) is 0 Å². The maximum atomic E-state index is 11.7. The lowest BCUT2D eigenvalue weighted by molar-refractivity contribution is -0.123. The molecular weight excluding hydrogens is 340 g/mol. The van der Waals surface area contributed by atoms with E-state index in [0.717, 1.165) is 24.2 Å². The number of hydrazone groups is 1. The number of unbranched alkanes of at least 4 members (excludes halogenated alkanes) is 1. The van der Waals surface area contributed by atoms with Gasteiger partial charge in [0.15, 0.2) is 6.61 Å². The summed E-state index contributed by atoms with van der Waals surface area (Å²) in [5.74, 6) is 1.05. The van der Waals surface area contributed by atoms with Gasteiger partial charge in [-0.25, -0.2) is 5.43 Å². The molecule has 0 fully saturated rings. The van der Waals surface area contributed by atoms with Crippen LogP contribution in [0.3, 0.4) is 0 Å². The van der Waals surface area contributed by atoms with E-state index in [2.05, 4.69) is 17.5 Å². The van der Waals surface area contributed by atoms with Gasteiger partial charge in [-0.05, 0) is 60.5 Å². The van der Waals surface area contributed by atoms with Crippen LogP contribution in [0, 0.1) is 0 Å². The standard InChI is InChI=1S/C19H21ClN2O3/c1-2-3-12-24-17-8-4-15(5-9-17)13-21-22-19(23)14-25-18-10-6-16(20)7-11-18/h4-11,13H,2-3,12,14H2,1H3,(H,22,23). The molecule has 6 heteroatoms. The fraction of sp³-hybridized carbons (Fsp3) is 0.263. The fourth-order valence-electron chi connectivity index (χ4n) is 1.88. The summed E-state index contributed by atoms with van der Waals surface area (Å²) in [6.45, 7) is 2.72. The molecule has 5 nitrogen and oxygen atoms in total. The van der Waals surface area contributed by atoms with Crippen LogP contribution in [0.5, 0.6) is 11.5 Å². The molecule has 0 unspecified atom stereocenters. The van der Waals surface area contributed by atoms with Crippen LogP contribution in [-0.2, 0) is 4.79 Å². The summed E-state index contributed by atoms with van der Waals surface area (Å²) in [5, 5.41) is 4.52. The van der Waals surface area contributed by atoms with E-state index in [1.807, 2.05) is 24.3 Å². The first-order valence-electron chi connectivity index (χ1n) is 8.10. The maximum absolute atomic E-state index is 11.7. The van der Waals surface area contributed by atoms with Gasteiger partial charge in [0.2, 0.25) is 0 Å². The molecule has 132 valence electrons. The van der Waals surface area contributed by atoms with Gasteiger partial charge in [0, 0.05) is 5.02 Å². The van der Waals surface area contributed by atoms with Crippen LogP contribution in [0.4, 0.5) is 0 Å². The molecule has 1 amide bonds. The summed E-state index contributed by atoms with van der Waals surface area (Å²) in [6, 6.07) is 14.3. The normalized spacial score (nSPS) is 10.6. The summed E-state index contributed by atoms with van der Waals surface area (Å²) >= 11 is 5.78. The van der Waals surface area contributed by atoms with Crippen molar-refractivity contribution in [2.24, 2.45) is 5.10 Å². The zero-order valence-electron chi connectivity index (χ0n) is 14.1. The van der Waals surface area contributed by atoms with Crippen molar-refractivity contribution in [3.8, 4) is 11.5 Å². The monoisotopic (exact) mass is 360 g/mol. The van der Waals surface area contributed by atoms with Gasteiger partial charge >= 0.3 is 0 Å². The number of nitrogens with zero attached hydrogens (tertiary/aromatic N) is 1. The third-order valence-corrected chi connectivity index (χ3v) is 3.49. The number of benzene rings is 2. The summed E-state index contributed by atoms with van der Waals surface area (Å²) < 4.78 is 10.9. The third kappa shape index (κ3) is 7.27. The average Bonchev–Trinajstić information content (AvgIpc) is 2.63. The molecule has 0 aliphatic heterocycles. The lowest BCUT2D eigenvalue weighted by Gasteiger charge is -2.05. The first-order valence-corrected chi connectivity index (χ1v) is 8.48. The van der Waals surface area contributed by atoms with Gasteiger partial charge in [-0.3, -0.25) is 4.79 Å². The number of carbonyl (C=O) groups excluding carboxylic acids is 1. The molecule has 0 aliphatic rings. The summed E-state index contributed by atoms with van der Waals surface area (Å²) in [6.07, 6.45) is 3.70. The molecule has 2 aromatic rings. The molecule has 0 aliphatic carbocycles. The van der Waals surface area contributed by atoms with Crippen LogP contribution >= 0.6 is 11.6 Å². The van der Waals surface area contributed by atoms with Crippen molar-refractivity contribution in [3.05, 3.63) is 59.1 Å². The number of rotatable bonds is 9. The predicted molar refractivity (Wildman–Crippen MR) is 99.5 cm³/mol. The van der Waals surface area contributed by atoms with Gasteiger partial charge in [0.25, 0.3) is 5.91 Å². The fourth-order valence-corrected chi connectivity index (χ4v) is 2.00. The number of amides is 1. The van der Waals surface area contributed by atoms with E-state index >= 15 is 0 Å². The van der Waals surface area contributed by atoms with Crippen LogP contribution < -0.4 is 14.9 Å². The summed E-state index contributed by atoms with van der Waals surface area (Å²) in [5.41, 5.74) is 3.28. The van der Waals surface area contributed by atoms with E-state index in [1.54, 1.807) is 30.5 Å². The number of carbonyl (C=O) groups is 1. The van der Waals surface area contributed by atoms with Crippen LogP contribution in [-0.4, -0.2) is 25.3 Å². The minimum atomic E-state index is -0.342. The minimum absolute atomic E-state index is 0.122. The highest BCUT2D eigenvalue weighted by atomic mass is 35.5. The second-order valence-corrected chi connectivity index (χ2v) is 5.74. The Morgan fingerprint density at radius 2 is 1.72 bits per heavy atom. The second-order valence-electron chi connectivity index (χ2n) is 5.31. The third-order valence-electron chi connectivity index (χ3n) is 3.23. The SMILES string of the molecule is CCCCOc1ccc(C=NNC(=O)COc2ccc(Cl)cc2)cc1. The average molecular weight is 361 g/mol. The largest absolute Gasteiger partial charge is 0.494 e. The molecule has 0 spiro atoms. The first-order chi connectivity index (χ1) is 12.2. The second kappa shape index (κ2) is 10.4. The Balaban J connectivity index is 1.72. The molecule has 0 saturated heterocycles. The highest BCUT2D eigenvalue weighted by Gasteiger charge is 2.01. The van der Waals surface area contributed by atoms with Crippen LogP contribution in [0.2, 0.25) is 5.02 Å². The Hall–Kier alpha value is -2.53. The van der Waals surface area contributed by atoms with Gasteiger partial charge in [0.05, 0.1) is 12.8 Å². The van der Waals surface area contributed by atoms with Crippen molar-refractivity contribution in [3.63, 3.8) is 0 Å². The van der Waals surface area contributed by atoms with Gasteiger partial charge in [-0.1, -0.05) is 24.9 Å². The maximum Gasteiger partial charge on any atom is 0.277 e. The molecule has 0 heterocycles. The van der Waals surface area contributed by atoms with E-state index in [-0.39, 0.29) is 12.5 Å². The number of hydrogen-bond acceptors (Lipinski definition) is 4. The van der Waals surface area contributed by atoms with Crippen LogP contribution in [0.15, 0.2) is 53.6 Å². The van der Waals surface area contributed by atoms with Crippen LogP contribution in [0.25, 0.3) is 0 Å². The van der Waals surface area contributed by atoms with Crippen molar-refractivity contribution in [2.75, 3.05) is 13.2 Å². The molecule has 0 atom stereocenters. The smallest absolute Gasteiger partial charge is 0.277 e. The van der Waals surface area contributed by atoms with E-state index < -0.39 is 0 Å².